The Balaban J connectivity index is 3.33. The van der Waals surface area contributed by atoms with Crippen molar-refractivity contribution in [2.45, 2.75) is 6.43 Å². The summed E-state index contributed by atoms with van der Waals surface area (Å²) >= 11 is 5.26. The van der Waals surface area contributed by atoms with E-state index in [1.54, 1.807) is 0 Å². The Hall–Kier alpha value is -1.50. The molecule has 8 heteroatoms. The zero-order valence-corrected chi connectivity index (χ0v) is 7.20. The molecule has 0 aromatic carbocycles. The van der Waals surface area contributed by atoms with Crippen LogP contribution in [-0.4, -0.2) is 15.0 Å². The molecule has 14 heavy (non-hydrogen) atoms. The normalized spacial score (nSPS) is 10.6. The molecule has 0 aliphatic rings. The fraction of sp³-hybridized carbons (Fsp3) is 0.167. The number of nitro groups is 1. The van der Waals surface area contributed by atoms with Gasteiger partial charge in [-0.1, -0.05) is 11.6 Å². The SMILES string of the molecule is O=[N+]([O-])c1ncc(C(F)F)c(Cl)c1O. The summed E-state index contributed by atoms with van der Waals surface area (Å²) in [7, 11) is 0. The van der Waals surface area contributed by atoms with Crippen molar-refractivity contribution in [3.05, 3.63) is 26.9 Å². The molecule has 0 unspecified atom stereocenters. The molecule has 1 aromatic heterocycles. The minimum absolute atomic E-state index is 0.560. The summed E-state index contributed by atoms with van der Waals surface area (Å²) in [5, 5.41) is 18.5. The number of pyridine rings is 1. The summed E-state index contributed by atoms with van der Waals surface area (Å²) in [5.74, 6) is -1.99. The van der Waals surface area contributed by atoms with Gasteiger partial charge in [0.15, 0.2) is 6.20 Å². The van der Waals surface area contributed by atoms with E-state index in [0.717, 1.165) is 0 Å². The van der Waals surface area contributed by atoms with Crippen molar-refractivity contribution in [1.82, 2.24) is 4.98 Å². The summed E-state index contributed by atoms with van der Waals surface area (Å²) in [5.41, 5.74) is -0.741. The Bertz CT molecular complexity index is 386. The Morgan fingerprint density at radius 3 is 2.64 bits per heavy atom. The number of alkyl halides is 2. The zero-order valence-electron chi connectivity index (χ0n) is 6.45. The van der Waals surface area contributed by atoms with Crippen molar-refractivity contribution >= 4 is 17.4 Å². The summed E-state index contributed by atoms with van der Waals surface area (Å²) in [4.78, 5) is 12.2. The first kappa shape index (κ1) is 10.6. The van der Waals surface area contributed by atoms with Crippen LogP contribution in [0.3, 0.4) is 0 Å². The van der Waals surface area contributed by atoms with Crippen molar-refractivity contribution in [3.8, 4) is 5.75 Å². The second-order valence-electron chi connectivity index (χ2n) is 2.26. The van der Waals surface area contributed by atoms with Gasteiger partial charge in [-0.25, -0.2) is 8.78 Å². The molecule has 0 aliphatic carbocycles. The average molecular weight is 225 g/mol. The first-order chi connectivity index (χ1) is 6.45. The predicted molar refractivity (Wildman–Crippen MR) is 42.5 cm³/mol. The van der Waals surface area contributed by atoms with E-state index < -0.39 is 33.5 Å². The third-order valence-electron chi connectivity index (χ3n) is 1.41. The van der Waals surface area contributed by atoms with Gasteiger partial charge in [0.25, 0.3) is 6.43 Å². The maximum absolute atomic E-state index is 12.1. The van der Waals surface area contributed by atoms with E-state index in [1.807, 2.05) is 0 Å². The minimum atomic E-state index is -2.94. The number of rotatable bonds is 2. The third-order valence-corrected chi connectivity index (χ3v) is 1.80. The van der Waals surface area contributed by atoms with Gasteiger partial charge < -0.3 is 15.2 Å². The van der Waals surface area contributed by atoms with Crippen LogP contribution in [0.4, 0.5) is 14.6 Å². The van der Waals surface area contributed by atoms with Crippen molar-refractivity contribution in [2.24, 2.45) is 0 Å². The Labute approximate surface area is 81.1 Å². The molecule has 76 valence electrons. The van der Waals surface area contributed by atoms with Gasteiger partial charge in [0, 0.05) is 0 Å². The fourth-order valence-corrected chi connectivity index (χ4v) is 0.985. The van der Waals surface area contributed by atoms with E-state index >= 15 is 0 Å². The maximum Gasteiger partial charge on any atom is 0.407 e. The highest BCUT2D eigenvalue weighted by Crippen LogP contribution is 2.37. The summed E-state index contributed by atoms with van der Waals surface area (Å²) < 4.78 is 24.3. The van der Waals surface area contributed by atoms with Gasteiger partial charge in [-0.2, -0.15) is 0 Å². The molecule has 0 amide bonds. The molecule has 0 atom stereocenters. The van der Waals surface area contributed by atoms with Crippen LogP contribution in [-0.2, 0) is 0 Å². The van der Waals surface area contributed by atoms with Gasteiger partial charge in [-0.05, 0) is 9.91 Å². The molecule has 0 spiro atoms. The number of hydrogen-bond acceptors (Lipinski definition) is 4. The van der Waals surface area contributed by atoms with Gasteiger partial charge in [0.05, 0.1) is 5.56 Å². The third kappa shape index (κ3) is 1.72. The molecule has 5 nitrogen and oxygen atoms in total. The minimum Gasteiger partial charge on any atom is -0.500 e. The first-order valence-electron chi connectivity index (χ1n) is 3.25. The lowest BCUT2D eigenvalue weighted by molar-refractivity contribution is -0.390. The number of halogens is 3. The summed E-state index contributed by atoms with van der Waals surface area (Å²) in [6.45, 7) is 0. The predicted octanol–water partition coefficient (Wildman–Crippen LogP) is 2.29. The molecule has 0 aliphatic heterocycles. The number of aromatic hydroxyl groups is 1. The second-order valence-corrected chi connectivity index (χ2v) is 2.64. The average Bonchev–Trinajstić information content (AvgIpc) is 2.08. The van der Waals surface area contributed by atoms with Gasteiger partial charge in [0.1, 0.15) is 5.02 Å². The highest BCUT2D eigenvalue weighted by Gasteiger charge is 2.25. The Kier molecular flexibility index (Phi) is 2.80. The van der Waals surface area contributed by atoms with Crippen LogP contribution in [0.25, 0.3) is 0 Å². The van der Waals surface area contributed by atoms with Crippen LogP contribution in [0.5, 0.6) is 5.75 Å². The summed E-state index contributed by atoms with van der Waals surface area (Å²) in [6, 6.07) is 0. The smallest absolute Gasteiger partial charge is 0.407 e. The van der Waals surface area contributed by atoms with Gasteiger partial charge in [-0.15, -0.1) is 0 Å². The fourth-order valence-electron chi connectivity index (χ4n) is 0.769. The van der Waals surface area contributed by atoms with Crippen LogP contribution < -0.4 is 0 Å². The van der Waals surface area contributed by atoms with E-state index in [-0.39, 0.29) is 0 Å². The van der Waals surface area contributed by atoms with E-state index in [9.17, 15) is 18.9 Å². The first-order valence-corrected chi connectivity index (χ1v) is 3.62. The Morgan fingerprint density at radius 1 is 1.64 bits per heavy atom. The lowest BCUT2D eigenvalue weighted by atomic mass is 10.3. The van der Waals surface area contributed by atoms with Crippen LogP contribution in [0.15, 0.2) is 6.20 Å². The number of nitrogens with zero attached hydrogens (tertiary/aromatic N) is 2. The standard InChI is InChI=1S/C6H3ClF2N2O3/c7-3-2(5(8)9)1-10-6(4(3)12)11(13)14/h1,5,12H. The lowest BCUT2D eigenvalue weighted by Gasteiger charge is -2.02. The molecule has 0 saturated heterocycles. The van der Waals surface area contributed by atoms with E-state index in [0.29, 0.717) is 6.20 Å². The number of hydrogen-bond donors (Lipinski definition) is 1. The largest absolute Gasteiger partial charge is 0.500 e. The molecule has 1 rings (SSSR count). The second kappa shape index (κ2) is 3.70. The maximum atomic E-state index is 12.1. The Morgan fingerprint density at radius 2 is 2.21 bits per heavy atom. The molecule has 0 bridgehead atoms. The highest BCUT2D eigenvalue weighted by molar-refractivity contribution is 6.33. The monoisotopic (exact) mass is 224 g/mol. The highest BCUT2D eigenvalue weighted by atomic mass is 35.5. The molecular weight excluding hydrogens is 222 g/mol. The molecular formula is C6H3ClF2N2O3. The summed E-state index contributed by atoms with van der Waals surface area (Å²) in [6.07, 6.45) is -2.38. The van der Waals surface area contributed by atoms with Crippen LogP contribution in [0.1, 0.15) is 12.0 Å². The zero-order chi connectivity index (χ0) is 10.9. The van der Waals surface area contributed by atoms with E-state index in [4.69, 9.17) is 16.7 Å². The van der Waals surface area contributed by atoms with Crippen molar-refractivity contribution in [3.63, 3.8) is 0 Å². The van der Waals surface area contributed by atoms with Gasteiger partial charge in [-0.3, -0.25) is 0 Å². The van der Waals surface area contributed by atoms with Crippen molar-refractivity contribution in [1.29, 1.82) is 0 Å². The van der Waals surface area contributed by atoms with Crippen LogP contribution in [0.2, 0.25) is 5.02 Å². The van der Waals surface area contributed by atoms with Crippen molar-refractivity contribution < 1.29 is 18.8 Å². The molecule has 0 fully saturated rings. The molecule has 0 saturated carbocycles. The van der Waals surface area contributed by atoms with Gasteiger partial charge >= 0.3 is 5.82 Å². The molecule has 1 aromatic rings. The van der Waals surface area contributed by atoms with Crippen molar-refractivity contribution in [2.75, 3.05) is 0 Å². The number of aromatic nitrogens is 1. The van der Waals surface area contributed by atoms with E-state index in [2.05, 4.69) is 4.98 Å². The molecule has 1 N–H and O–H groups in total. The quantitative estimate of drug-likeness (QED) is 0.618. The van der Waals surface area contributed by atoms with Crippen LogP contribution in [0, 0.1) is 10.1 Å². The molecule has 1 heterocycles. The molecule has 0 radical (unpaired) electrons. The van der Waals surface area contributed by atoms with Crippen LogP contribution >= 0.6 is 11.6 Å². The van der Waals surface area contributed by atoms with E-state index in [1.165, 1.54) is 0 Å². The van der Waals surface area contributed by atoms with Gasteiger partial charge in [0.2, 0.25) is 5.75 Å². The lowest BCUT2D eigenvalue weighted by Crippen LogP contribution is -1.96. The topological polar surface area (TPSA) is 76.3 Å².